The second kappa shape index (κ2) is 6.28. The van der Waals surface area contributed by atoms with Crippen LogP contribution < -0.4 is 0 Å². The van der Waals surface area contributed by atoms with E-state index in [4.69, 9.17) is 4.74 Å². The first-order valence-electron chi connectivity index (χ1n) is 8.16. The lowest BCUT2D eigenvalue weighted by Crippen LogP contribution is -2.39. The Bertz CT molecular complexity index is 815. The predicted molar refractivity (Wildman–Crippen MR) is 101 cm³/mol. The van der Waals surface area contributed by atoms with Crippen LogP contribution in [0.1, 0.15) is 32.8 Å². The minimum absolute atomic E-state index is 0.236. The molecule has 24 heavy (non-hydrogen) atoms. The first-order valence-corrected chi connectivity index (χ1v) is 8.96. The molecule has 128 valence electrons. The third-order valence-electron chi connectivity index (χ3n) is 4.16. The SMILES string of the molecule is Cn1cc(C2=CCN(C(=O)OC(C)(C)C)CC2)c2ccc(Br)cc21. The van der Waals surface area contributed by atoms with Gasteiger partial charge in [0.25, 0.3) is 0 Å². The maximum atomic E-state index is 12.2. The Hall–Kier alpha value is -1.75. The lowest BCUT2D eigenvalue weighted by atomic mass is 9.99. The van der Waals surface area contributed by atoms with Crippen LogP contribution in [0.4, 0.5) is 4.79 Å². The molecule has 0 saturated heterocycles. The van der Waals surface area contributed by atoms with Crippen molar-refractivity contribution in [1.82, 2.24) is 9.47 Å². The highest BCUT2D eigenvalue weighted by molar-refractivity contribution is 9.10. The van der Waals surface area contributed by atoms with Gasteiger partial charge in [0.2, 0.25) is 0 Å². The Balaban J connectivity index is 1.82. The third-order valence-corrected chi connectivity index (χ3v) is 4.65. The van der Waals surface area contributed by atoms with Crippen LogP contribution in [0.3, 0.4) is 0 Å². The number of amides is 1. The van der Waals surface area contributed by atoms with Crippen molar-refractivity contribution in [3.05, 3.63) is 40.5 Å². The van der Waals surface area contributed by atoms with E-state index in [0.29, 0.717) is 13.1 Å². The molecule has 0 N–H and O–H groups in total. The van der Waals surface area contributed by atoms with Gasteiger partial charge < -0.3 is 14.2 Å². The number of fused-ring (bicyclic) bond motifs is 1. The van der Waals surface area contributed by atoms with Gasteiger partial charge in [0, 0.05) is 47.3 Å². The van der Waals surface area contributed by atoms with Crippen molar-refractivity contribution in [2.45, 2.75) is 32.8 Å². The number of aromatic nitrogens is 1. The number of benzene rings is 1. The van der Waals surface area contributed by atoms with Gasteiger partial charge in [-0.2, -0.15) is 0 Å². The van der Waals surface area contributed by atoms with Crippen molar-refractivity contribution in [1.29, 1.82) is 0 Å². The standard InChI is InChI=1S/C19H23BrN2O2/c1-19(2,3)24-18(23)22-9-7-13(8-10-22)16-12-21(4)17-11-14(20)5-6-15(16)17/h5-7,11-12H,8-10H2,1-4H3. The summed E-state index contributed by atoms with van der Waals surface area (Å²) in [5.41, 5.74) is 3.30. The number of hydrogen-bond acceptors (Lipinski definition) is 2. The fourth-order valence-corrected chi connectivity index (χ4v) is 3.37. The molecule has 0 spiro atoms. The molecule has 1 aliphatic rings. The largest absolute Gasteiger partial charge is 0.444 e. The number of rotatable bonds is 1. The number of carbonyl (C=O) groups is 1. The lowest BCUT2D eigenvalue weighted by Gasteiger charge is -2.29. The van der Waals surface area contributed by atoms with Gasteiger partial charge in [-0.15, -0.1) is 0 Å². The number of aryl methyl sites for hydroxylation is 1. The minimum Gasteiger partial charge on any atom is -0.444 e. The van der Waals surface area contributed by atoms with E-state index in [1.807, 2.05) is 20.8 Å². The van der Waals surface area contributed by atoms with Crippen molar-refractivity contribution in [2.75, 3.05) is 13.1 Å². The Morgan fingerprint density at radius 2 is 2.04 bits per heavy atom. The molecule has 0 aliphatic carbocycles. The molecule has 1 amide bonds. The highest BCUT2D eigenvalue weighted by atomic mass is 79.9. The molecule has 2 aromatic rings. The van der Waals surface area contributed by atoms with Gasteiger partial charge in [0.15, 0.2) is 0 Å². The van der Waals surface area contributed by atoms with Gasteiger partial charge in [0.1, 0.15) is 5.60 Å². The second-order valence-electron chi connectivity index (χ2n) is 7.22. The summed E-state index contributed by atoms with van der Waals surface area (Å²) in [5, 5.41) is 1.25. The van der Waals surface area contributed by atoms with E-state index >= 15 is 0 Å². The van der Waals surface area contributed by atoms with E-state index in [9.17, 15) is 4.79 Å². The highest BCUT2D eigenvalue weighted by Gasteiger charge is 2.24. The highest BCUT2D eigenvalue weighted by Crippen LogP contribution is 2.32. The zero-order valence-electron chi connectivity index (χ0n) is 14.6. The van der Waals surface area contributed by atoms with E-state index in [0.717, 1.165) is 10.9 Å². The van der Waals surface area contributed by atoms with Crippen LogP contribution in [0.2, 0.25) is 0 Å². The van der Waals surface area contributed by atoms with Crippen LogP contribution in [-0.2, 0) is 11.8 Å². The second-order valence-corrected chi connectivity index (χ2v) is 8.14. The van der Waals surface area contributed by atoms with E-state index < -0.39 is 5.60 Å². The van der Waals surface area contributed by atoms with Gasteiger partial charge >= 0.3 is 6.09 Å². The maximum absolute atomic E-state index is 12.2. The maximum Gasteiger partial charge on any atom is 0.410 e. The molecule has 4 nitrogen and oxygen atoms in total. The Morgan fingerprint density at radius 1 is 1.29 bits per heavy atom. The number of hydrogen-bond donors (Lipinski definition) is 0. The van der Waals surface area contributed by atoms with E-state index in [1.165, 1.54) is 22.0 Å². The lowest BCUT2D eigenvalue weighted by molar-refractivity contribution is 0.0270. The molecule has 5 heteroatoms. The number of halogens is 1. The molecule has 3 rings (SSSR count). The summed E-state index contributed by atoms with van der Waals surface area (Å²) in [6, 6.07) is 6.35. The summed E-state index contributed by atoms with van der Waals surface area (Å²) in [7, 11) is 2.06. The third kappa shape index (κ3) is 3.51. The van der Waals surface area contributed by atoms with Crippen molar-refractivity contribution < 1.29 is 9.53 Å². The van der Waals surface area contributed by atoms with Crippen molar-refractivity contribution >= 4 is 38.5 Å². The topological polar surface area (TPSA) is 34.5 Å². The van der Waals surface area contributed by atoms with Crippen LogP contribution in [0.25, 0.3) is 16.5 Å². The molecular formula is C19H23BrN2O2. The van der Waals surface area contributed by atoms with Crippen LogP contribution in [0, 0.1) is 0 Å². The Kier molecular flexibility index (Phi) is 4.47. The van der Waals surface area contributed by atoms with Gasteiger partial charge in [-0.25, -0.2) is 4.79 Å². The van der Waals surface area contributed by atoms with Crippen LogP contribution in [-0.4, -0.2) is 34.3 Å². The molecule has 0 unspecified atom stereocenters. The van der Waals surface area contributed by atoms with Crippen molar-refractivity contribution in [2.24, 2.45) is 7.05 Å². The summed E-state index contributed by atoms with van der Waals surface area (Å²) >= 11 is 3.53. The average molecular weight is 391 g/mol. The molecule has 0 fully saturated rings. The number of ether oxygens (including phenoxy) is 1. The summed E-state index contributed by atoms with van der Waals surface area (Å²) in [4.78, 5) is 13.9. The van der Waals surface area contributed by atoms with Gasteiger partial charge in [-0.3, -0.25) is 0 Å². The first kappa shape index (κ1) is 17.1. The zero-order chi connectivity index (χ0) is 17.5. The molecular weight excluding hydrogens is 368 g/mol. The summed E-state index contributed by atoms with van der Waals surface area (Å²) in [5.74, 6) is 0. The number of nitrogens with zero attached hydrogens (tertiary/aromatic N) is 2. The predicted octanol–water partition coefficient (Wildman–Crippen LogP) is 4.97. The smallest absolute Gasteiger partial charge is 0.410 e. The van der Waals surface area contributed by atoms with Crippen molar-refractivity contribution in [3.63, 3.8) is 0 Å². The summed E-state index contributed by atoms with van der Waals surface area (Å²) < 4.78 is 8.68. The van der Waals surface area contributed by atoms with Crippen LogP contribution in [0.5, 0.6) is 0 Å². The average Bonchev–Trinajstić information content (AvgIpc) is 2.82. The van der Waals surface area contributed by atoms with Crippen LogP contribution >= 0.6 is 15.9 Å². The summed E-state index contributed by atoms with van der Waals surface area (Å²) in [6.45, 7) is 6.96. The summed E-state index contributed by atoms with van der Waals surface area (Å²) in [6.07, 6.45) is 4.92. The normalized spacial score (nSPS) is 15.5. The van der Waals surface area contributed by atoms with Gasteiger partial charge in [0.05, 0.1) is 0 Å². The van der Waals surface area contributed by atoms with Crippen LogP contribution in [0.15, 0.2) is 34.9 Å². The van der Waals surface area contributed by atoms with Gasteiger partial charge in [-0.1, -0.05) is 28.1 Å². The van der Waals surface area contributed by atoms with Gasteiger partial charge in [-0.05, 0) is 44.9 Å². The fourth-order valence-electron chi connectivity index (χ4n) is 3.02. The number of carbonyl (C=O) groups excluding carboxylic acids is 1. The zero-order valence-corrected chi connectivity index (χ0v) is 16.2. The Morgan fingerprint density at radius 3 is 2.67 bits per heavy atom. The monoisotopic (exact) mass is 390 g/mol. The first-order chi connectivity index (χ1) is 11.2. The molecule has 1 aromatic heterocycles. The minimum atomic E-state index is -0.454. The Labute approximate surface area is 151 Å². The van der Waals surface area contributed by atoms with E-state index in [-0.39, 0.29) is 6.09 Å². The molecule has 1 aliphatic heterocycles. The van der Waals surface area contributed by atoms with E-state index in [1.54, 1.807) is 4.90 Å². The molecule has 1 aromatic carbocycles. The molecule has 0 saturated carbocycles. The molecule has 0 atom stereocenters. The molecule has 2 heterocycles. The molecule has 0 radical (unpaired) electrons. The van der Waals surface area contributed by atoms with Crippen molar-refractivity contribution in [3.8, 4) is 0 Å². The fraction of sp³-hybridized carbons (Fsp3) is 0.421. The quantitative estimate of drug-likeness (QED) is 0.688. The molecule has 0 bridgehead atoms. The van der Waals surface area contributed by atoms with E-state index in [2.05, 4.69) is 58.0 Å².